The molecule has 0 saturated heterocycles. The predicted octanol–water partition coefficient (Wildman–Crippen LogP) is 1.88. The normalized spacial score (nSPS) is 10.4. The average Bonchev–Trinajstić information content (AvgIpc) is 2.99. The number of H-pyrrole nitrogens is 1. The molecule has 7 nitrogen and oxygen atoms in total. The quantitative estimate of drug-likeness (QED) is 0.674. The largest absolute Gasteiger partial charge is 0.456 e. The standard InChI is InChI=1S/C17H21N3O4/c1-2-9-18-17(23)20-15(21)11-24-16(22)8-7-12-10-19-14-6-4-3-5-13(12)14/h3-6,10,19H,2,7-9,11H2,1H3,(H2,18,20,21,23). The number of esters is 1. The summed E-state index contributed by atoms with van der Waals surface area (Å²) in [6.07, 6.45) is 3.31. The molecule has 2 rings (SSSR count). The van der Waals surface area contributed by atoms with Crippen LogP contribution < -0.4 is 10.6 Å². The van der Waals surface area contributed by atoms with Crippen molar-refractivity contribution in [2.45, 2.75) is 26.2 Å². The van der Waals surface area contributed by atoms with Crippen LogP contribution in [0.3, 0.4) is 0 Å². The molecule has 0 unspecified atom stereocenters. The highest BCUT2D eigenvalue weighted by Crippen LogP contribution is 2.18. The lowest BCUT2D eigenvalue weighted by Crippen LogP contribution is -2.41. The number of fused-ring (bicyclic) bond motifs is 1. The first-order valence-corrected chi connectivity index (χ1v) is 7.88. The van der Waals surface area contributed by atoms with Crippen molar-refractivity contribution < 1.29 is 19.1 Å². The summed E-state index contributed by atoms with van der Waals surface area (Å²) in [5.74, 6) is -1.13. The first-order valence-electron chi connectivity index (χ1n) is 7.88. The van der Waals surface area contributed by atoms with E-state index >= 15 is 0 Å². The van der Waals surface area contributed by atoms with Gasteiger partial charge in [-0.2, -0.15) is 0 Å². The maximum absolute atomic E-state index is 11.7. The summed E-state index contributed by atoms with van der Waals surface area (Å²) < 4.78 is 4.88. The summed E-state index contributed by atoms with van der Waals surface area (Å²) in [7, 11) is 0. The molecular formula is C17H21N3O4. The second-order valence-electron chi connectivity index (χ2n) is 5.32. The summed E-state index contributed by atoms with van der Waals surface area (Å²) in [5.41, 5.74) is 2.03. The molecule has 0 saturated carbocycles. The van der Waals surface area contributed by atoms with Crippen LogP contribution in [0.5, 0.6) is 0 Å². The van der Waals surface area contributed by atoms with Gasteiger partial charge >= 0.3 is 12.0 Å². The first kappa shape index (κ1) is 17.5. The van der Waals surface area contributed by atoms with Crippen LogP contribution in [0.25, 0.3) is 10.9 Å². The van der Waals surface area contributed by atoms with Gasteiger partial charge in [-0.25, -0.2) is 4.79 Å². The Labute approximate surface area is 139 Å². The number of aryl methyl sites for hydroxylation is 1. The van der Waals surface area contributed by atoms with Gasteiger partial charge < -0.3 is 15.0 Å². The maximum Gasteiger partial charge on any atom is 0.321 e. The predicted molar refractivity (Wildman–Crippen MR) is 89.4 cm³/mol. The number of urea groups is 1. The van der Waals surface area contributed by atoms with Gasteiger partial charge in [-0.05, 0) is 24.5 Å². The molecule has 0 radical (unpaired) electrons. The van der Waals surface area contributed by atoms with Crippen LogP contribution in [-0.2, 0) is 20.7 Å². The molecule has 0 atom stereocenters. The highest BCUT2D eigenvalue weighted by molar-refractivity contribution is 5.95. The van der Waals surface area contributed by atoms with Crippen LogP contribution in [0.15, 0.2) is 30.5 Å². The van der Waals surface area contributed by atoms with Crippen molar-refractivity contribution in [1.82, 2.24) is 15.6 Å². The number of para-hydroxylation sites is 1. The molecule has 0 aliphatic rings. The van der Waals surface area contributed by atoms with E-state index in [0.717, 1.165) is 22.9 Å². The van der Waals surface area contributed by atoms with E-state index in [4.69, 9.17) is 4.74 Å². The Morgan fingerprint density at radius 3 is 2.79 bits per heavy atom. The molecule has 3 amide bonds. The van der Waals surface area contributed by atoms with Crippen LogP contribution in [0.1, 0.15) is 25.3 Å². The topological polar surface area (TPSA) is 100 Å². The Morgan fingerprint density at radius 2 is 2.00 bits per heavy atom. The molecule has 0 spiro atoms. The third kappa shape index (κ3) is 5.12. The Kier molecular flexibility index (Phi) is 6.36. The van der Waals surface area contributed by atoms with Crippen molar-refractivity contribution in [2.75, 3.05) is 13.2 Å². The van der Waals surface area contributed by atoms with Crippen molar-refractivity contribution in [1.29, 1.82) is 0 Å². The lowest BCUT2D eigenvalue weighted by molar-refractivity contribution is -0.148. The summed E-state index contributed by atoms with van der Waals surface area (Å²) in [6.45, 7) is 1.91. The van der Waals surface area contributed by atoms with E-state index in [0.29, 0.717) is 13.0 Å². The van der Waals surface area contributed by atoms with Crippen LogP contribution >= 0.6 is 0 Å². The molecule has 3 N–H and O–H groups in total. The number of carbonyl (C=O) groups excluding carboxylic acids is 3. The molecule has 1 aromatic carbocycles. The number of ether oxygens (including phenoxy) is 1. The molecule has 1 aromatic heterocycles. The average molecular weight is 331 g/mol. The van der Waals surface area contributed by atoms with Crippen LogP contribution in [0.4, 0.5) is 4.79 Å². The van der Waals surface area contributed by atoms with Gasteiger partial charge in [0.2, 0.25) is 0 Å². The molecule has 0 bridgehead atoms. The Balaban J connectivity index is 1.71. The van der Waals surface area contributed by atoms with Crippen LogP contribution in [0.2, 0.25) is 0 Å². The molecule has 128 valence electrons. The molecule has 0 aliphatic heterocycles. The van der Waals surface area contributed by atoms with E-state index in [-0.39, 0.29) is 6.42 Å². The third-order valence-corrected chi connectivity index (χ3v) is 3.43. The van der Waals surface area contributed by atoms with Gasteiger partial charge in [-0.1, -0.05) is 25.1 Å². The van der Waals surface area contributed by atoms with Gasteiger partial charge in [0, 0.05) is 30.1 Å². The number of nitrogens with one attached hydrogen (secondary N) is 3. The maximum atomic E-state index is 11.7. The van der Waals surface area contributed by atoms with Gasteiger partial charge in [0.1, 0.15) is 0 Å². The lowest BCUT2D eigenvalue weighted by atomic mass is 10.1. The number of amides is 3. The van der Waals surface area contributed by atoms with Crippen molar-refractivity contribution in [3.8, 4) is 0 Å². The smallest absolute Gasteiger partial charge is 0.321 e. The molecule has 0 fully saturated rings. The van der Waals surface area contributed by atoms with Crippen molar-refractivity contribution >= 4 is 28.8 Å². The van der Waals surface area contributed by atoms with Crippen molar-refractivity contribution in [3.63, 3.8) is 0 Å². The number of benzene rings is 1. The number of aromatic amines is 1. The van der Waals surface area contributed by atoms with E-state index in [2.05, 4.69) is 15.6 Å². The van der Waals surface area contributed by atoms with E-state index in [9.17, 15) is 14.4 Å². The second-order valence-corrected chi connectivity index (χ2v) is 5.32. The van der Waals surface area contributed by atoms with E-state index in [1.165, 1.54) is 0 Å². The second kappa shape index (κ2) is 8.71. The third-order valence-electron chi connectivity index (χ3n) is 3.43. The molecule has 0 aliphatic carbocycles. The van der Waals surface area contributed by atoms with Gasteiger partial charge in [-0.3, -0.25) is 14.9 Å². The minimum absolute atomic E-state index is 0.164. The van der Waals surface area contributed by atoms with Gasteiger partial charge in [-0.15, -0.1) is 0 Å². The molecule has 24 heavy (non-hydrogen) atoms. The number of rotatable bonds is 7. The van der Waals surface area contributed by atoms with Crippen LogP contribution in [0, 0.1) is 0 Å². The number of carbonyl (C=O) groups is 3. The zero-order valence-electron chi connectivity index (χ0n) is 13.6. The fraction of sp³-hybridized carbons (Fsp3) is 0.353. The van der Waals surface area contributed by atoms with Crippen molar-refractivity contribution in [3.05, 3.63) is 36.0 Å². The summed E-state index contributed by atoms with van der Waals surface area (Å²) in [6, 6.07) is 7.23. The highest BCUT2D eigenvalue weighted by Gasteiger charge is 2.11. The number of aromatic nitrogens is 1. The molecule has 7 heteroatoms. The van der Waals surface area contributed by atoms with Gasteiger partial charge in [0.25, 0.3) is 5.91 Å². The van der Waals surface area contributed by atoms with E-state index in [1.807, 2.05) is 37.4 Å². The summed E-state index contributed by atoms with van der Waals surface area (Å²) in [4.78, 5) is 37.6. The van der Waals surface area contributed by atoms with Gasteiger partial charge in [0.05, 0.1) is 0 Å². The SMILES string of the molecule is CCCNC(=O)NC(=O)COC(=O)CCc1c[nH]c2ccccc12. The molecule has 1 heterocycles. The fourth-order valence-electron chi connectivity index (χ4n) is 2.24. The Bertz CT molecular complexity index is 723. The minimum Gasteiger partial charge on any atom is -0.456 e. The minimum atomic E-state index is -0.649. The number of imide groups is 1. The number of hydrogen-bond donors (Lipinski definition) is 3. The first-order chi connectivity index (χ1) is 11.6. The van der Waals surface area contributed by atoms with E-state index < -0.39 is 24.5 Å². The lowest BCUT2D eigenvalue weighted by Gasteiger charge is -2.06. The fourth-order valence-corrected chi connectivity index (χ4v) is 2.24. The zero-order valence-corrected chi connectivity index (χ0v) is 13.6. The van der Waals surface area contributed by atoms with Crippen LogP contribution in [-0.4, -0.2) is 36.0 Å². The Morgan fingerprint density at radius 1 is 1.21 bits per heavy atom. The summed E-state index contributed by atoms with van der Waals surface area (Å²) in [5, 5.41) is 5.65. The molecule has 2 aromatic rings. The number of hydrogen-bond acceptors (Lipinski definition) is 4. The van der Waals surface area contributed by atoms with E-state index in [1.54, 1.807) is 0 Å². The highest BCUT2D eigenvalue weighted by atomic mass is 16.5. The molecular weight excluding hydrogens is 310 g/mol. The Hall–Kier alpha value is -2.83. The van der Waals surface area contributed by atoms with Crippen molar-refractivity contribution in [2.24, 2.45) is 0 Å². The monoisotopic (exact) mass is 331 g/mol. The summed E-state index contributed by atoms with van der Waals surface area (Å²) >= 11 is 0. The van der Waals surface area contributed by atoms with Gasteiger partial charge in [0.15, 0.2) is 6.61 Å². The zero-order chi connectivity index (χ0) is 17.4.